The maximum atomic E-state index is 13.6. The lowest BCUT2D eigenvalue weighted by molar-refractivity contribution is 0.176. The molecule has 27 heavy (non-hydrogen) atoms. The zero-order valence-corrected chi connectivity index (χ0v) is 15.0. The first-order valence-electron chi connectivity index (χ1n) is 9.00. The van der Waals surface area contributed by atoms with E-state index in [-0.39, 0.29) is 30.5 Å². The molecule has 3 N–H and O–H groups in total. The van der Waals surface area contributed by atoms with Gasteiger partial charge in [0.15, 0.2) is 0 Å². The number of halogens is 1. The van der Waals surface area contributed by atoms with Gasteiger partial charge in [-0.1, -0.05) is 36.4 Å². The average Bonchev–Trinajstić information content (AvgIpc) is 2.68. The van der Waals surface area contributed by atoms with Crippen LogP contribution in [0.25, 0.3) is 0 Å². The van der Waals surface area contributed by atoms with Gasteiger partial charge in [-0.2, -0.15) is 0 Å². The van der Waals surface area contributed by atoms with Crippen LogP contribution < -0.4 is 16.0 Å². The van der Waals surface area contributed by atoms with Gasteiger partial charge in [0.25, 0.3) is 0 Å². The fourth-order valence-corrected chi connectivity index (χ4v) is 3.03. The summed E-state index contributed by atoms with van der Waals surface area (Å²) >= 11 is 0. The molecule has 142 valence electrons. The van der Waals surface area contributed by atoms with Crippen molar-refractivity contribution >= 4 is 17.7 Å². The van der Waals surface area contributed by atoms with Gasteiger partial charge in [-0.25, -0.2) is 14.0 Å². The molecule has 4 amide bonds. The topological polar surface area (TPSA) is 73.5 Å². The molecule has 1 saturated heterocycles. The minimum Gasteiger partial charge on any atom is -0.335 e. The maximum absolute atomic E-state index is 13.6. The third-order valence-electron chi connectivity index (χ3n) is 4.54. The highest BCUT2D eigenvalue weighted by molar-refractivity contribution is 5.89. The van der Waals surface area contributed by atoms with Crippen LogP contribution in [0.1, 0.15) is 18.4 Å². The molecule has 0 atom stereocenters. The van der Waals surface area contributed by atoms with Gasteiger partial charge < -0.3 is 20.9 Å². The lowest BCUT2D eigenvalue weighted by atomic mass is 10.1. The third kappa shape index (κ3) is 5.44. The normalized spacial score (nSPS) is 14.5. The summed E-state index contributed by atoms with van der Waals surface area (Å²) in [5.41, 5.74) is 1.19. The Hall–Kier alpha value is -3.09. The number of carbonyl (C=O) groups excluding carboxylic acids is 2. The van der Waals surface area contributed by atoms with E-state index in [4.69, 9.17) is 0 Å². The molecule has 2 aromatic rings. The van der Waals surface area contributed by atoms with Crippen molar-refractivity contribution in [1.82, 2.24) is 15.5 Å². The number of urea groups is 2. The van der Waals surface area contributed by atoms with E-state index in [2.05, 4.69) is 16.0 Å². The van der Waals surface area contributed by atoms with E-state index in [0.717, 1.165) is 5.69 Å². The van der Waals surface area contributed by atoms with E-state index < -0.39 is 0 Å². The van der Waals surface area contributed by atoms with Crippen LogP contribution in [0.3, 0.4) is 0 Å². The molecule has 0 aromatic heterocycles. The number of carbonyl (C=O) groups is 2. The van der Waals surface area contributed by atoms with Crippen molar-refractivity contribution < 1.29 is 14.0 Å². The molecule has 7 heteroatoms. The number of amides is 4. The molecule has 1 heterocycles. The number of hydrogen-bond acceptors (Lipinski definition) is 2. The molecular formula is C20H23FN4O2. The van der Waals surface area contributed by atoms with Crippen molar-refractivity contribution in [2.24, 2.45) is 0 Å². The molecule has 0 saturated carbocycles. The predicted molar refractivity (Wildman–Crippen MR) is 102 cm³/mol. The first kappa shape index (κ1) is 18.7. The van der Waals surface area contributed by atoms with Crippen molar-refractivity contribution in [3.05, 3.63) is 66.0 Å². The fourth-order valence-electron chi connectivity index (χ4n) is 3.03. The van der Waals surface area contributed by atoms with Crippen molar-refractivity contribution in [2.75, 3.05) is 18.4 Å². The molecule has 1 aliphatic heterocycles. The van der Waals surface area contributed by atoms with Gasteiger partial charge in [0.2, 0.25) is 0 Å². The van der Waals surface area contributed by atoms with Crippen LogP contribution >= 0.6 is 0 Å². The molecule has 0 unspecified atom stereocenters. The monoisotopic (exact) mass is 370 g/mol. The van der Waals surface area contributed by atoms with Gasteiger partial charge in [0.05, 0.1) is 0 Å². The summed E-state index contributed by atoms with van der Waals surface area (Å²) in [5.74, 6) is -0.329. The van der Waals surface area contributed by atoms with E-state index in [1.807, 2.05) is 30.3 Å². The molecule has 2 aromatic carbocycles. The van der Waals surface area contributed by atoms with Crippen LogP contribution in [-0.2, 0) is 6.54 Å². The molecular weight excluding hydrogens is 347 g/mol. The Labute approximate surface area is 157 Å². The highest BCUT2D eigenvalue weighted by Crippen LogP contribution is 2.12. The van der Waals surface area contributed by atoms with E-state index in [1.54, 1.807) is 23.1 Å². The molecule has 0 spiro atoms. The molecule has 1 fully saturated rings. The number of nitrogens with zero attached hydrogens (tertiary/aromatic N) is 1. The third-order valence-corrected chi connectivity index (χ3v) is 4.54. The Morgan fingerprint density at radius 2 is 1.67 bits per heavy atom. The minimum absolute atomic E-state index is 0.0179. The van der Waals surface area contributed by atoms with Crippen molar-refractivity contribution in [1.29, 1.82) is 0 Å². The Bertz CT molecular complexity index is 777. The number of rotatable bonds is 4. The zero-order valence-electron chi connectivity index (χ0n) is 15.0. The Kier molecular flexibility index (Phi) is 6.25. The van der Waals surface area contributed by atoms with Crippen LogP contribution in [0.15, 0.2) is 54.6 Å². The van der Waals surface area contributed by atoms with E-state index in [1.165, 1.54) is 6.07 Å². The van der Waals surface area contributed by atoms with E-state index >= 15 is 0 Å². The molecule has 6 nitrogen and oxygen atoms in total. The summed E-state index contributed by atoms with van der Waals surface area (Å²) in [5, 5.41) is 8.47. The fraction of sp³-hybridized carbons (Fsp3) is 0.300. The summed E-state index contributed by atoms with van der Waals surface area (Å²) in [7, 11) is 0. The summed E-state index contributed by atoms with van der Waals surface area (Å²) in [6, 6.07) is 15.2. The van der Waals surface area contributed by atoms with E-state index in [0.29, 0.717) is 31.5 Å². The van der Waals surface area contributed by atoms with Crippen molar-refractivity contribution in [3.63, 3.8) is 0 Å². The van der Waals surface area contributed by atoms with Crippen LogP contribution in [0.2, 0.25) is 0 Å². The highest BCUT2D eigenvalue weighted by Gasteiger charge is 2.23. The lowest BCUT2D eigenvalue weighted by Crippen LogP contribution is -2.50. The number of piperidine rings is 1. The lowest BCUT2D eigenvalue weighted by Gasteiger charge is -2.32. The smallest absolute Gasteiger partial charge is 0.319 e. The number of para-hydroxylation sites is 1. The van der Waals surface area contributed by atoms with Gasteiger partial charge in [-0.3, -0.25) is 0 Å². The quantitative estimate of drug-likeness (QED) is 0.772. The highest BCUT2D eigenvalue weighted by atomic mass is 19.1. The number of nitrogens with one attached hydrogen (secondary N) is 3. The minimum atomic E-state index is -0.329. The second-order valence-corrected chi connectivity index (χ2v) is 6.48. The number of benzene rings is 2. The Morgan fingerprint density at radius 1 is 1.00 bits per heavy atom. The van der Waals surface area contributed by atoms with Gasteiger partial charge in [0, 0.05) is 36.9 Å². The van der Waals surface area contributed by atoms with Crippen LogP contribution in [0.5, 0.6) is 0 Å². The van der Waals surface area contributed by atoms with Crippen molar-refractivity contribution in [3.8, 4) is 0 Å². The Morgan fingerprint density at radius 3 is 2.37 bits per heavy atom. The van der Waals surface area contributed by atoms with Crippen LogP contribution in [-0.4, -0.2) is 36.1 Å². The molecule has 0 radical (unpaired) electrons. The predicted octanol–water partition coefficient (Wildman–Crippen LogP) is 3.32. The SMILES string of the molecule is O=C(Nc1ccccc1)NC1CCN(C(=O)NCc2ccccc2F)CC1. The first-order chi connectivity index (χ1) is 13.1. The van der Waals surface area contributed by atoms with Gasteiger partial charge in [0.1, 0.15) is 5.82 Å². The maximum Gasteiger partial charge on any atom is 0.319 e. The molecule has 1 aliphatic rings. The van der Waals surface area contributed by atoms with Crippen LogP contribution in [0.4, 0.5) is 19.7 Å². The second-order valence-electron chi connectivity index (χ2n) is 6.48. The van der Waals surface area contributed by atoms with Gasteiger partial charge in [-0.05, 0) is 31.0 Å². The molecule has 0 aliphatic carbocycles. The van der Waals surface area contributed by atoms with E-state index in [9.17, 15) is 14.0 Å². The largest absolute Gasteiger partial charge is 0.335 e. The number of anilines is 1. The first-order valence-corrected chi connectivity index (χ1v) is 9.00. The zero-order chi connectivity index (χ0) is 19.1. The summed E-state index contributed by atoms with van der Waals surface area (Å²) in [4.78, 5) is 26.0. The second kappa shape index (κ2) is 9.02. The van der Waals surface area contributed by atoms with Gasteiger partial charge in [-0.15, -0.1) is 0 Å². The molecule has 3 rings (SSSR count). The number of likely N-dealkylation sites (tertiary alicyclic amines) is 1. The summed E-state index contributed by atoms with van der Waals surface area (Å²) in [6.07, 6.45) is 1.35. The number of hydrogen-bond donors (Lipinski definition) is 3. The molecule has 0 bridgehead atoms. The van der Waals surface area contributed by atoms with Gasteiger partial charge >= 0.3 is 12.1 Å². The Balaban J connectivity index is 1.40. The van der Waals surface area contributed by atoms with Crippen molar-refractivity contribution in [2.45, 2.75) is 25.4 Å². The standard InChI is InChI=1S/C20H23FN4O2/c21-18-9-5-4-6-15(18)14-22-20(27)25-12-10-17(11-13-25)24-19(26)23-16-7-2-1-3-8-16/h1-9,17H,10-14H2,(H,22,27)(H2,23,24,26). The van der Waals surface area contributed by atoms with Crippen LogP contribution in [0, 0.1) is 5.82 Å². The summed E-state index contributed by atoms with van der Waals surface area (Å²) in [6.45, 7) is 1.24. The summed E-state index contributed by atoms with van der Waals surface area (Å²) < 4.78 is 13.6. The average molecular weight is 370 g/mol.